The van der Waals surface area contributed by atoms with Crippen molar-refractivity contribution in [2.24, 2.45) is 5.10 Å². The molecule has 3 rings (SSSR count). The van der Waals surface area contributed by atoms with Gasteiger partial charge in [0, 0.05) is 5.56 Å². The van der Waals surface area contributed by atoms with Crippen LogP contribution in [0.25, 0.3) is 0 Å². The highest BCUT2D eigenvalue weighted by Gasteiger charge is 2.12. The van der Waals surface area contributed by atoms with Crippen LogP contribution < -0.4 is 10.7 Å². The molecule has 2 N–H and O–H groups in total. The average molecular weight is 369 g/mol. The summed E-state index contributed by atoms with van der Waals surface area (Å²) in [6.45, 7) is 1.91. The van der Waals surface area contributed by atoms with Crippen LogP contribution in [-0.4, -0.2) is 28.2 Å². The molecule has 8 nitrogen and oxygen atoms in total. The summed E-state index contributed by atoms with van der Waals surface area (Å²) in [5.74, 6) is -0.0909. The van der Waals surface area contributed by atoms with Gasteiger partial charge in [-0.05, 0) is 31.2 Å². The number of carbonyl (C=O) groups excluding carboxylic acids is 2. The minimum absolute atomic E-state index is 0.00742. The summed E-state index contributed by atoms with van der Waals surface area (Å²) in [7, 11) is 0. The Morgan fingerprint density at radius 2 is 2.15 bits per heavy atom. The molecule has 0 radical (unpaired) electrons. The van der Waals surface area contributed by atoms with Crippen LogP contribution in [0.5, 0.6) is 0 Å². The van der Waals surface area contributed by atoms with Gasteiger partial charge in [-0.2, -0.15) is 5.10 Å². The molecule has 2 amide bonds. The lowest BCUT2D eigenvalue weighted by molar-refractivity contribution is -0.120. The quantitative estimate of drug-likeness (QED) is 0.512. The zero-order valence-electron chi connectivity index (χ0n) is 13.8. The number of aromatic nitrogens is 2. The lowest BCUT2D eigenvalue weighted by Crippen LogP contribution is -2.19. The minimum Gasteiger partial charge on any atom is -0.463 e. The molecule has 0 aliphatic heterocycles. The van der Waals surface area contributed by atoms with Gasteiger partial charge >= 0.3 is 0 Å². The Balaban J connectivity index is 1.52. The first-order valence-corrected chi connectivity index (χ1v) is 8.47. The van der Waals surface area contributed by atoms with Gasteiger partial charge in [-0.15, -0.1) is 10.2 Å². The van der Waals surface area contributed by atoms with Gasteiger partial charge in [-0.1, -0.05) is 29.0 Å². The van der Waals surface area contributed by atoms with Gasteiger partial charge in [0.2, 0.25) is 11.0 Å². The largest absolute Gasteiger partial charge is 0.463 e. The Morgan fingerprint density at radius 3 is 2.92 bits per heavy atom. The number of nitrogens with zero attached hydrogens (tertiary/aromatic N) is 3. The number of hydrogen-bond donors (Lipinski definition) is 2. The lowest BCUT2D eigenvalue weighted by atomic mass is 10.1. The first-order valence-electron chi connectivity index (χ1n) is 7.66. The number of furan rings is 1. The predicted molar refractivity (Wildman–Crippen MR) is 97.2 cm³/mol. The molecule has 0 atom stereocenters. The van der Waals surface area contributed by atoms with Gasteiger partial charge in [0.15, 0.2) is 0 Å². The molecule has 0 saturated heterocycles. The van der Waals surface area contributed by atoms with Crippen molar-refractivity contribution in [3.05, 3.63) is 64.6 Å². The fourth-order valence-electron chi connectivity index (χ4n) is 2.04. The Hall–Kier alpha value is -3.33. The van der Waals surface area contributed by atoms with E-state index in [9.17, 15) is 9.59 Å². The zero-order valence-corrected chi connectivity index (χ0v) is 14.6. The molecule has 2 aromatic heterocycles. The maximum atomic E-state index is 12.2. The number of amides is 2. The second-order valence-corrected chi connectivity index (χ2v) is 6.37. The van der Waals surface area contributed by atoms with Gasteiger partial charge < -0.3 is 4.42 Å². The molecule has 0 saturated carbocycles. The smallest absolute Gasteiger partial charge is 0.257 e. The maximum Gasteiger partial charge on any atom is 0.257 e. The number of rotatable bonds is 6. The Labute approximate surface area is 153 Å². The van der Waals surface area contributed by atoms with Crippen LogP contribution >= 0.6 is 11.3 Å². The van der Waals surface area contributed by atoms with Crippen LogP contribution in [0.4, 0.5) is 5.13 Å². The number of anilines is 1. The number of aryl methyl sites for hydroxylation is 1. The molecule has 0 fully saturated rings. The second kappa shape index (κ2) is 8.17. The Bertz CT molecular complexity index is 934. The van der Waals surface area contributed by atoms with Crippen molar-refractivity contribution in [3.8, 4) is 0 Å². The molecule has 26 heavy (non-hydrogen) atoms. The van der Waals surface area contributed by atoms with Gasteiger partial charge in [0.25, 0.3) is 5.91 Å². The van der Waals surface area contributed by atoms with E-state index in [2.05, 4.69) is 26.0 Å². The molecule has 0 aliphatic carbocycles. The van der Waals surface area contributed by atoms with Crippen molar-refractivity contribution >= 4 is 34.5 Å². The molecule has 3 aromatic rings. The number of benzene rings is 1. The van der Waals surface area contributed by atoms with Crippen LogP contribution in [0.2, 0.25) is 0 Å². The molecule has 1 aromatic carbocycles. The summed E-state index contributed by atoms with van der Waals surface area (Å²) in [6, 6.07) is 10.6. The SMILES string of the molecule is Cc1cccc(C(=O)Nc2nnc(CC(=O)N/N=C\c3ccco3)s2)c1. The fourth-order valence-corrected chi connectivity index (χ4v) is 2.77. The van der Waals surface area contributed by atoms with E-state index < -0.39 is 0 Å². The molecule has 0 unspecified atom stereocenters. The van der Waals surface area contributed by atoms with Gasteiger partial charge in [0.1, 0.15) is 10.8 Å². The van der Waals surface area contributed by atoms with E-state index in [0.29, 0.717) is 21.5 Å². The van der Waals surface area contributed by atoms with Crippen molar-refractivity contribution in [2.75, 3.05) is 5.32 Å². The van der Waals surface area contributed by atoms with E-state index in [1.54, 1.807) is 24.3 Å². The van der Waals surface area contributed by atoms with E-state index in [1.807, 2.05) is 19.1 Å². The first kappa shape index (κ1) is 17.5. The second-order valence-electron chi connectivity index (χ2n) is 5.31. The molecule has 0 bridgehead atoms. The summed E-state index contributed by atoms with van der Waals surface area (Å²) in [5.41, 5.74) is 3.90. The molecule has 0 spiro atoms. The monoisotopic (exact) mass is 369 g/mol. The number of hydrazone groups is 1. The number of nitrogens with one attached hydrogen (secondary N) is 2. The minimum atomic E-state index is -0.347. The van der Waals surface area contributed by atoms with Crippen molar-refractivity contribution in [2.45, 2.75) is 13.3 Å². The van der Waals surface area contributed by atoms with E-state index in [4.69, 9.17) is 4.42 Å². The lowest BCUT2D eigenvalue weighted by Gasteiger charge is -2.01. The van der Waals surface area contributed by atoms with Gasteiger partial charge in [0.05, 0.1) is 18.9 Å². The van der Waals surface area contributed by atoms with Crippen molar-refractivity contribution in [1.82, 2.24) is 15.6 Å². The number of hydrogen-bond acceptors (Lipinski definition) is 7. The van der Waals surface area contributed by atoms with Gasteiger partial charge in [-0.25, -0.2) is 5.43 Å². The topological polar surface area (TPSA) is 109 Å². The van der Waals surface area contributed by atoms with Gasteiger partial charge in [-0.3, -0.25) is 14.9 Å². The van der Waals surface area contributed by atoms with Crippen molar-refractivity contribution in [1.29, 1.82) is 0 Å². The molecule has 132 valence electrons. The average Bonchev–Trinajstić information content (AvgIpc) is 3.27. The van der Waals surface area contributed by atoms with Crippen LogP contribution in [-0.2, 0) is 11.2 Å². The van der Waals surface area contributed by atoms with Crippen LogP contribution in [0.1, 0.15) is 26.7 Å². The van der Waals surface area contributed by atoms with Crippen LogP contribution in [0.15, 0.2) is 52.2 Å². The van der Waals surface area contributed by atoms with Crippen molar-refractivity contribution < 1.29 is 14.0 Å². The van der Waals surface area contributed by atoms with E-state index >= 15 is 0 Å². The van der Waals surface area contributed by atoms with Crippen LogP contribution in [0, 0.1) is 6.92 Å². The van der Waals surface area contributed by atoms with E-state index in [-0.39, 0.29) is 18.2 Å². The summed E-state index contributed by atoms with van der Waals surface area (Å²) in [5, 5.41) is 15.0. The summed E-state index contributed by atoms with van der Waals surface area (Å²) >= 11 is 1.13. The molecule has 9 heteroatoms. The summed E-state index contributed by atoms with van der Waals surface area (Å²) < 4.78 is 5.06. The normalized spacial score (nSPS) is 10.8. The number of carbonyl (C=O) groups is 2. The predicted octanol–water partition coefficient (Wildman–Crippen LogP) is 2.38. The standard InChI is InChI=1S/C17H15N5O3S/c1-11-4-2-5-12(8-11)16(24)19-17-22-21-15(26-17)9-14(23)20-18-10-13-6-3-7-25-13/h2-8,10H,9H2,1H3,(H,20,23)(H,19,22,24)/b18-10-. The van der Waals surface area contributed by atoms with E-state index in [1.165, 1.54) is 12.5 Å². The highest BCUT2D eigenvalue weighted by molar-refractivity contribution is 7.15. The third kappa shape index (κ3) is 4.84. The fraction of sp³-hybridized carbons (Fsp3) is 0.118. The van der Waals surface area contributed by atoms with Crippen molar-refractivity contribution in [3.63, 3.8) is 0 Å². The highest BCUT2D eigenvalue weighted by Crippen LogP contribution is 2.17. The van der Waals surface area contributed by atoms with Crippen LogP contribution in [0.3, 0.4) is 0 Å². The third-order valence-electron chi connectivity index (χ3n) is 3.20. The Kier molecular flexibility index (Phi) is 5.49. The maximum absolute atomic E-state index is 12.2. The molecule has 2 heterocycles. The molecular weight excluding hydrogens is 354 g/mol. The third-order valence-corrected chi connectivity index (χ3v) is 4.04. The summed E-state index contributed by atoms with van der Waals surface area (Å²) in [6.07, 6.45) is 2.91. The van der Waals surface area contributed by atoms with E-state index in [0.717, 1.165) is 16.9 Å². The highest BCUT2D eigenvalue weighted by atomic mass is 32.1. The molecule has 0 aliphatic rings. The Morgan fingerprint density at radius 1 is 1.27 bits per heavy atom. The first-order chi connectivity index (χ1) is 12.6. The summed E-state index contributed by atoms with van der Waals surface area (Å²) in [4.78, 5) is 24.0. The molecular formula is C17H15N5O3S. The zero-order chi connectivity index (χ0) is 18.4.